The minimum Gasteiger partial charge on any atom is -0.373 e. The van der Waals surface area contributed by atoms with Crippen LogP contribution in [0.15, 0.2) is 41.5 Å². The van der Waals surface area contributed by atoms with Crippen molar-refractivity contribution in [1.82, 2.24) is 9.88 Å². The number of nitrogens with zero attached hydrogens (tertiary/aromatic N) is 3. The van der Waals surface area contributed by atoms with Gasteiger partial charge in [0.2, 0.25) is 0 Å². The fourth-order valence-electron chi connectivity index (χ4n) is 2.89. The van der Waals surface area contributed by atoms with E-state index in [0.717, 1.165) is 46.7 Å². The van der Waals surface area contributed by atoms with E-state index in [1.54, 1.807) is 23.7 Å². The molecule has 3 aromatic rings. The van der Waals surface area contributed by atoms with Crippen LogP contribution < -0.4 is 10.3 Å². The third-order valence-electron chi connectivity index (χ3n) is 4.54. The van der Waals surface area contributed by atoms with E-state index >= 15 is 0 Å². The molecule has 24 heavy (non-hydrogen) atoms. The van der Waals surface area contributed by atoms with Crippen LogP contribution in [0.2, 0.25) is 0 Å². The first-order chi connectivity index (χ1) is 11.6. The molecule has 0 bridgehead atoms. The number of anilines is 1. The number of hydrogen-bond acceptors (Lipinski definition) is 5. The molecular weight excluding hydrogens is 318 g/mol. The summed E-state index contributed by atoms with van der Waals surface area (Å²) in [5.41, 5.74) is 1.22. The third-order valence-corrected chi connectivity index (χ3v) is 5.68. The van der Waals surface area contributed by atoms with E-state index < -0.39 is 0 Å². The number of aromatic nitrogens is 1. The molecule has 4 nitrogen and oxygen atoms in total. The fraction of sp³-hybridized carbons (Fsp3) is 0.368. The van der Waals surface area contributed by atoms with Crippen molar-refractivity contribution in [3.05, 3.63) is 46.9 Å². The van der Waals surface area contributed by atoms with Gasteiger partial charge in [0.15, 0.2) is 5.43 Å². The standard InChI is InChI=1S/C19H23N3OS/c1-4-22(5-2)11-10-21(3)14-6-7-15-18(12-14)24-17-8-9-20-13-16(17)19(15)23/h6-9,12-13H,4-5,10-11H2,1-3H3. The molecule has 2 aromatic heterocycles. The van der Waals surface area contributed by atoms with Gasteiger partial charge in [-0.25, -0.2) is 0 Å². The zero-order chi connectivity index (χ0) is 17.1. The van der Waals surface area contributed by atoms with Crippen molar-refractivity contribution in [2.24, 2.45) is 0 Å². The molecule has 0 aliphatic heterocycles. The second kappa shape index (κ2) is 7.28. The van der Waals surface area contributed by atoms with Crippen molar-refractivity contribution in [2.75, 3.05) is 38.1 Å². The number of rotatable bonds is 6. The Bertz CT molecular complexity index is 902. The van der Waals surface area contributed by atoms with Crippen molar-refractivity contribution in [2.45, 2.75) is 13.8 Å². The van der Waals surface area contributed by atoms with E-state index in [9.17, 15) is 4.79 Å². The van der Waals surface area contributed by atoms with Crippen molar-refractivity contribution in [3.8, 4) is 0 Å². The van der Waals surface area contributed by atoms with E-state index in [4.69, 9.17) is 0 Å². The quantitative estimate of drug-likeness (QED) is 0.642. The summed E-state index contributed by atoms with van der Waals surface area (Å²) in [5, 5.41) is 1.49. The molecule has 0 fully saturated rings. The molecule has 0 N–H and O–H groups in total. The Labute approximate surface area is 146 Å². The van der Waals surface area contributed by atoms with Crippen LogP contribution >= 0.6 is 11.3 Å². The number of benzene rings is 1. The van der Waals surface area contributed by atoms with Gasteiger partial charge in [0.05, 0.1) is 5.39 Å². The van der Waals surface area contributed by atoms with Crippen molar-refractivity contribution in [3.63, 3.8) is 0 Å². The average Bonchev–Trinajstić information content (AvgIpc) is 2.62. The van der Waals surface area contributed by atoms with Crippen molar-refractivity contribution < 1.29 is 0 Å². The molecule has 1 aromatic carbocycles. The second-order valence-corrected chi connectivity index (χ2v) is 7.02. The largest absolute Gasteiger partial charge is 0.373 e. The molecule has 0 aliphatic rings. The van der Waals surface area contributed by atoms with E-state index in [1.165, 1.54) is 0 Å². The van der Waals surface area contributed by atoms with Gasteiger partial charge in [0.1, 0.15) is 0 Å². The summed E-state index contributed by atoms with van der Waals surface area (Å²) in [6.07, 6.45) is 3.40. The smallest absolute Gasteiger partial charge is 0.197 e. The Morgan fingerprint density at radius 1 is 1.04 bits per heavy atom. The van der Waals surface area contributed by atoms with Gasteiger partial charge in [-0.15, -0.1) is 11.3 Å². The number of fused-ring (bicyclic) bond motifs is 2. The van der Waals surface area contributed by atoms with Gasteiger partial charge in [-0.1, -0.05) is 13.8 Å². The first-order valence-corrected chi connectivity index (χ1v) is 9.19. The van der Waals surface area contributed by atoms with Gasteiger partial charge in [0, 0.05) is 53.0 Å². The summed E-state index contributed by atoms with van der Waals surface area (Å²) in [6.45, 7) is 8.54. The predicted octanol–water partition coefficient (Wildman–Crippen LogP) is 3.59. The molecular formula is C19H23N3OS. The van der Waals surface area contributed by atoms with Crippen LogP contribution in [0.3, 0.4) is 0 Å². The van der Waals surface area contributed by atoms with Crippen LogP contribution in [0.4, 0.5) is 5.69 Å². The monoisotopic (exact) mass is 341 g/mol. The summed E-state index contributed by atoms with van der Waals surface area (Å²) in [6, 6.07) is 8.03. The molecule has 0 atom stereocenters. The SMILES string of the molecule is CCN(CC)CCN(C)c1ccc2c(=O)c3cnccc3sc2c1. The van der Waals surface area contributed by atoms with Crippen LogP contribution in [0.1, 0.15) is 13.8 Å². The number of pyridine rings is 1. The second-order valence-electron chi connectivity index (χ2n) is 5.93. The van der Waals surface area contributed by atoms with Crippen LogP contribution in [0.25, 0.3) is 20.2 Å². The summed E-state index contributed by atoms with van der Waals surface area (Å²) in [7, 11) is 2.11. The Kier molecular flexibility index (Phi) is 5.11. The summed E-state index contributed by atoms with van der Waals surface area (Å²) < 4.78 is 2.02. The highest BCUT2D eigenvalue weighted by Crippen LogP contribution is 2.27. The lowest BCUT2D eigenvalue weighted by atomic mass is 10.2. The lowest BCUT2D eigenvalue weighted by Gasteiger charge is -2.24. The first kappa shape index (κ1) is 16.9. The van der Waals surface area contributed by atoms with Gasteiger partial charge in [-0.2, -0.15) is 0 Å². The van der Waals surface area contributed by atoms with Crippen LogP contribution in [0.5, 0.6) is 0 Å². The topological polar surface area (TPSA) is 36.4 Å². The molecule has 5 heteroatoms. The van der Waals surface area contributed by atoms with Gasteiger partial charge in [-0.3, -0.25) is 9.78 Å². The molecule has 0 saturated carbocycles. The Hall–Kier alpha value is -1.98. The predicted molar refractivity (Wildman–Crippen MR) is 104 cm³/mol. The van der Waals surface area contributed by atoms with E-state index in [-0.39, 0.29) is 5.43 Å². The fourth-order valence-corrected chi connectivity index (χ4v) is 3.96. The van der Waals surface area contributed by atoms with Gasteiger partial charge < -0.3 is 9.80 Å². The zero-order valence-electron chi connectivity index (χ0n) is 14.5. The average molecular weight is 341 g/mol. The Balaban J connectivity index is 1.93. The normalized spacial score (nSPS) is 11.5. The lowest BCUT2D eigenvalue weighted by Crippen LogP contribution is -2.33. The van der Waals surface area contributed by atoms with E-state index in [0.29, 0.717) is 5.39 Å². The first-order valence-electron chi connectivity index (χ1n) is 8.38. The maximum absolute atomic E-state index is 12.6. The highest BCUT2D eigenvalue weighted by Gasteiger charge is 2.09. The van der Waals surface area contributed by atoms with Crippen LogP contribution in [-0.2, 0) is 0 Å². The van der Waals surface area contributed by atoms with Gasteiger partial charge >= 0.3 is 0 Å². The molecule has 0 radical (unpaired) electrons. The van der Waals surface area contributed by atoms with Crippen LogP contribution in [0, 0.1) is 0 Å². The maximum Gasteiger partial charge on any atom is 0.197 e. The molecule has 2 heterocycles. The lowest BCUT2D eigenvalue weighted by molar-refractivity contribution is 0.311. The molecule has 0 spiro atoms. The maximum atomic E-state index is 12.6. The van der Waals surface area contributed by atoms with Gasteiger partial charge in [0.25, 0.3) is 0 Å². The van der Waals surface area contributed by atoms with E-state index in [2.05, 4.69) is 41.7 Å². The van der Waals surface area contributed by atoms with E-state index in [1.807, 2.05) is 18.2 Å². The molecule has 3 rings (SSSR count). The summed E-state index contributed by atoms with van der Waals surface area (Å²) in [5.74, 6) is 0. The van der Waals surface area contributed by atoms with Crippen LogP contribution in [-0.4, -0.2) is 43.1 Å². The summed E-state index contributed by atoms with van der Waals surface area (Å²) in [4.78, 5) is 21.4. The molecule has 0 amide bonds. The Morgan fingerprint density at radius 3 is 2.58 bits per heavy atom. The minimum atomic E-state index is 0.0733. The molecule has 0 saturated heterocycles. The highest BCUT2D eigenvalue weighted by molar-refractivity contribution is 7.24. The molecule has 0 unspecified atom stereocenters. The van der Waals surface area contributed by atoms with Gasteiger partial charge in [-0.05, 0) is 37.4 Å². The number of likely N-dealkylation sites (N-methyl/N-ethyl adjacent to an activating group) is 2. The Morgan fingerprint density at radius 2 is 1.83 bits per heavy atom. The highest BCUT2D eigenvalue weighted by atomic mass is 32.1. The summed E-state index contributed by atoms with van der Waals surface area (Å²) >= 11 is 1.65. The third kappa shape index (κ3) is 3.28. The molecule has 126 valence electrons. The van der Waals surface area contributed by atoms with Crippen molar-refractivity contribution in [1.29, 1.82) is 0 Å². The number of hydrogen-bond donors (Lipinski definition) is 0. The zero-order valence-corrected chi connectivity index (χ0v) is 15.3. The molecule has 0 aliphatic carbocycles. The van der Waals surface area contributed by atoms with Crippen molar-refractivity contribution >= 4 is 37.2 Å². The minimum absolute atomic E-state index is 0.0733.